The molecule has 1 aliphatic heterocycles. The third-order valence-corrected chi connectivity index (χ3v) is 5.74. The number of hydrogen-bond donors (Lipinski definition) is 1. The predicted molar refractivity (Wildman–Crippen MR) is 112 cm³/mol. The van der Waals surface area contributed by atoms with Crippen LogP contribution in [0, 0.1) is 5.92 Å². The van der Waals surface area contributed by atoms with Crippen LogP contribution in [0.3, 0.4) is 0 Å². The Bertz CT molecular complexity index is 907. The van der Waals surface area contributed by atoms with Crippen molar-refractivity contribution in [2.24, 2.45) is 5.92 Å². The van der Waals surface area contributed by atoms with Crippen molar-refractivity contribution in [3.05, 3.63) is 77.5 Å². The molecule has 28 heavy (non-hydrogen) atoms. The van der Waals surface area contributed by atoms with E-state index in [1.54, 1.807) is 0 Å². The van der Waals surface area contributed by atoms with E-state index in [-0.39, 0.29) is 5.91 Å². The van der Waals surface area contributed by atoms with Gasteiger partial charge in [0.05, 0.1) is 5.69 Å². The average molecular weight is 374 g/mol. The van der Waals surface area contributed by atoms with E-state index in [9.17, 15) is 4.79 Å². The van der Waals surface area contributed by atoms with Crippen molar-refractivity contribution in [3.63, 3.8) is 0 Å². The van der Waals surface area contributed by atoms with Crippen LogP contribution in [0.1, 0.15) is 41.4 Å². The van der Waals surface area contributed by atoms with Gasteiger partial charge < -0.3 is 4.90 Å². The molecule has 0 saturated carbocycles. The van der Waals surface area contributed by atoms with Crippen LogP contribution < -0.4 is 0 Å². The molecule has 4 rings (SSSR count). The van der Waals surface area contributed by atoms with Gasteiger partial charge in [0, 0.05) is 18.7 Å². The number of nitrogens with zero attached hydrogens (tertiary/aromatic N) is 2. The van der Waals surface area contributed by atoms with Crippen LogP contribution in [0.5, 0.6) is 0 Å². The largest absolute Gasteiger partial charge is 0.337 e. The zero-order chi connectivity index (χ0) is 19.3. The monoisotopic (exact) mass is 373 g/mol. The number of aryl methyl sites for hydroxylation is 1. The van der Waals surface area contributed by atoms with Gasteiger partial charge in [-0.15, -0.1) is 0 Å². The average Bonchev–Trinajstić information content (AvgIpc) is 3.25. The van der Waals surface area contributed by atoms with Crippen molar-refractivity contribution in [1.29, 1.82) is 0 Å². The number of amides is 1. The number of aromatic nitrogens is 2. The number of H-pyrrole nitrogens is 1. The number of nitrogens with one attached hydrogen (secondary N) is 1. The van der Waals surface area contributed by atoms with Gasteiger partial charge in [0.2, 0.25) is 0 Å². The van der Waals surface area contributed by atoms with Gasteiger partial charge in [-0.25, -0.2) is 0 Å². The standard InChI is InChI=1S/C24H27N3O/c1-2-18-8-10-21(11-9-18)22-17-23(26-25-22)24(28)27-14-12-20(13-15-27)16-19-6-4-3-5-7-19/h3-11,17,20H,2,12-16H2,1H3,(H,25,26). The third-order valence-electron chi connectivity index (χ3n) is 5.74. The fourth-order valence-electron chi connectivity index (χ4n) is 3.95. The Balaban J connectivity index is 1.36. The molecular weight excluding hydrogens is 346 g/mol. The molecule has 2 heterocycles. The van der Waals surface area contributed by atoms with Crippen LogP contribution in [-0.2, 0) is 12.8 Å². The first-order valence-electron chi connectivity index (χ1n) is 10.2. The summed E-state index contributed by atoms with van der Waals surface area (Å²) in [5.74, 6) is 0.711. The maximum atomic E-state index is 12.9. The smallest absolute Gasteiger partial charge is 0.271 e. The molecule has 144 valence electrons. The first-order chi connectivity index (χ1) is 13.7. The molecule has 0 atom stereocenters. The Labute approximate surface area is 166 Å². The number of carbonyl (C=O) groups excluding carboxylic acids is 1. The summed E-state index contributed by atoms with van der Waals surface area (Å²) in [6.07, 6.45) is 4.23. The highest BCUT2D eigenvalue weighted by Gasteiger charge is 2.25. The van der Waals surface area contributed by atoms with Crippen molar-refractivity contribution >= 4 is 5.91 Å². The molecule has 4 heteroatoms. The van der Waals surface area contributed by atoms with Gasteiger partial charge in [-0.05, 0) is 48.8 Å². The Morgan fingerprint density at radius 1 is 1.04 bits per heavy atom. The van der Waals surface area contributed by atoms with Crippen LogP contribution in [0.15, 0.2) is 60.7 Å². The molecule has 2 aromatic carbocycles. The lowest BCUT2D eigenvalue weighted by molar-refractivity contribution is 0.0684. The highest BCUT2D eigenvalue weighted by atomic mass is 16.2. The highest BCUT2D eigenvalue weighted by molar-refractivity contribution is 5.93. The molecule has 0 radical (unpaired) electrons. The van der Waals surface area contributed by atoms with E-state index in [2.05, 4.69) is 71.7 Å². The van der Waals surface area contributed by atoms with Gasteiger partial charge in [0.15, 0.2) is 0 Å². The van der Waals surface area contributed by atoms with Crippen LogP contribution >= 0.6 is 0 Å². The molecule has 0 unspecified atom stereocenters. The zero-order valence-corrected chi connectivity index (χ0v) is 16.4. The molecule has 3 aromatic rings. The predicted octanol–water partition coefficient (Wildman–Crippen LogP) is 4.73. The fraction of sp³-hybridized carbons (Fsp3) is 0.333. The highest BCUT2D eigenvalue weighted by Crippen LogP contribution is 2.24. The summed E-state index contributed by atoms with van der Waals surface area (Å²) in [4.78, 5) is 14.8. The van der Waals surface area contributed by atoms with Gasteiger partial charge in [-0.3, -0.25) is 9.89 Å². The Morgan fingerprint density at radius 3 is 2.43 bits per heavy atom. The normalized spacial score (nSPS) is 15.0. The van der Waals surface area contributed by atoms with Crippen LogP contribution in [0.4, 0.5) is 0 Å². The van der Waals surface area contributed by atoms with Crippen molar-refractivity contribution in [2.45, 2.75) is 32.6 Å². The second-order valence-corrected chi connectivity index (χ2v) is 7.64. The van der Waals surface area contributed by atoms with Crippen molar-refractivity contribution < 1.29 is 4.79 Å². The Kier molecular flexibility index (Phi) is 5.56. The van der Waals surface area contributed by atoms with E-state index in [1.165, 1.54) is 11.1 Å². The second kappa shape index (κ2) is 8.42. The molecule has 1 saturated heterocycles. The fourth-order valence-corrected chi connectivity index (χ4v) is 3.95. The molecule has 0 aliphatic carbocycles. The lowest BCUT2D eigenvalue weighted by atomic mass is 9.90. The topological polar surface area (TPSA) is 49.0 Å². The van der Waals surface area contributed by atoms with Crippen molar-refractivity contribution in [2.75, 3.05) is 13.1 Å². The van der Waals surface area contributed by atoms with E-state index in [0.717, 1.165) is 50.0 Å². The number of benzene rings is 2. The maximum Gasteiger partial charge on any atom is 0.271 e. The van der Waals surface area contributed by atoms with Gasteiger partial charge >= 0.3 is 0 Å². The number of piperidine rings is 1. The minimum Gasteiger partial charge on any atom is -0.337 e. The number of carbonyl (C=O) groups is 1. The minimum atomic E-state index is 0.0575. The zero-order valence-electron chi connectivity index (χ0n) is 16.4. The summed E-state index contributed by atoms with van der Waals surface area (Å²) in [7, 11) is 0. The van der Waals surface area contributed by atoms with E-state index >= 15 is 0 Å². The molecular formula is C24H27N3O. The van der Waals surface area contributed by atoms with Crippen molar-refractivity contribution in [3.8, 4) is 11.3 Å². The summed E-state index contributed by atoms with van der Waals surface area (Å²) < 4.78 is 0. The number of hydrogen-bond acceptors (Lipinski definition) is 2. The van der Waals surface area contributed by atoms with E-state index in [0.29, 0.717) is 11.6 Å². The number of likely N-dealkylation sites (tertiary alicyclic amines) is 1. The molecule has 1 amide bonds. The van der Waals surface area contributed by atoms with Gasteiger partial charge in [0.25, 0.3) is 5.91 Å². The molecule has 1 aliphatic rings. The summed E-state index contributed by atoms with van der Waals surface area (Å²) in [5, 5.41) is 7.30. The molecule has 1 aromatic heterocycles. The lowest BCUT2D eigenvalue weighted by Crippen LogP contribution is -2.39. The van der Waals surface area contributed by atoms with E-state index in [1.807, 2.05) is 11.0 Å². The van der Waals surface area contributed by atoms with Gasteiger partial charge in [0.1, 0.15) is 5.69 Å². The summed E-state index contributed by atoms with van der Waals surface area (Å²) in [5.41, 5.74) is 5.13. The first kappa shape index (κ1) is 18.5. The molecule has 0 bridgehead atoms. The molecule has 1 fully saturated rings. The van der Waals surface area contributed by atoms with Gasteiger partial charge in [-0.1, -0.05) is 61.5 Å². The summed E-state index contributed by atoms with van der Waals surface area (Å²) in [6, 6.07) is 20.9. The molecule has 0 spiro atoms. The summed E-state index contributed by atoms with van der Waals surface area (Å²) >= 11 is 0. The van der Waals surface area contributed by atoms with E-state index in [4.69, 9.17) is 0 Å². The second-order valence-electron chi connectivity index (χ2n) is 7.64. The Morgan fingerprint density at radius 2 is 1.75 bits per heavy atom. The SMILES string of the molecule is CCc1ccc(-c2cc(C(=O)N3CCC(Cc4ccccc4)CC3)[nH]n2)cc1. The summed E-state index contributed by atoms with van der Waals surface area (Å²) in [6.45, 7) is 3.77. The van der Waals surface area contributed by atoms with E-state index < -0.39 is 0 Å². The first-order valence-corrected chi connectivity index (χ1v) is 10.2. The van der Waals surface area contributed by atoms with Crippen LogP contribution in [0.25, 0.3) is 11.3 Å². The maximum absolute atomic E-state index is 12.9. The number of rotatable bonds is 5. The Hall–Kier alpha value is -2.88. The molecule has 4 nitrogen and oxygen atoms in total. The quantitative estimate of drug-likeness (QED) is 0.703. The molecule has 1 N–H and O–H groups in total. The lowest BCUT2D eigenvalue weighted by Gasteiger charge is -2.31. The minimum absolute atomic E-state index is 0.0575. The number of aromatic amines is 1. The third kappa shape index (κ3) is 4.16. The van der Waals surface area contributed by atoms with Crippen LogP contribution in [-0.4, -0.2) is 34.1 Å². The van der Waals surface area contributed by atoms with Crippen LogP contribution in [0.2, 0.25) is 0 Å². The van der Waals surface area contributed by atoms with Crippen molar-refractivity contribution in [1.82, 2.24) is 15.1 Å². The van der Waals surface area contributed by atoms with Gasteiger partial charge in [-0.2, -0.15) is 5.10 Å².